The van der Waals surface area contributed by atoms with Crippen molar-refractivity contribution in [2.75, 3.05) is 0 Å². The van der Waals surface area contributed by atoms with Crippen molar-refractivity contribution in [3.05, 3.63) is 229 Å². The van der Waals surface area contributed by atoms with Crippen molar-refractivity contribution in [3.8, 4) is 44.8 Å². The Morgan fingerprint density at radius 2 is 0.754 bits per heavy atom. The minimum Gasteiger partial charge on any atom is -0.309 e. The van der Waals surface area contributed by atoms with E-state index in [1.54, 1.807) is 0 Å². The average molecular weight is 725 g/mol. The number of fused-ring (bicyclic) bond motifs is 9. The highest BCUT2D eigenvalue weighted by atomic mass is 15.0. The van der Waals surface area contributed by atoms with Crippen LogP contribution in [0.25, 0.3) is 88.4 Å². The fourth-order valence-corrected chi connectivity index (χ4v) is 9.63. The lowest BCUT2D eigenvalue weighted by atomic mass is 9.89. The molecule has 2 heteroatoms. The number of aromatic nitrogens is 2. The SMILES string of the molecule is c1ccc(-c2ccc(-n3c4ccccc4c4cc(-c5ccc6c(c5)c5ccccc5n6-c5ccc6c(c5)C(c5ccccc5)c5ccccc5-6)ccc43)cc2)cc1. The van der Waals surface area contributed by atoms with Crippen molar-refractivity contribution < 1.29 is 0 Å². The van der Waals surface area contributed by atoms with Gasteiger partial charge in [-0.05, 0) is 111 Å². The van der Waals surface area contributed by atoms with Crippen molar-refractivity contribution in [2.45, 2.75) is 5.92 Å². The maximum atomic E-state index is 2.46. The first-order chi connectivity index (χ1) is 28.3. The van der Waals surface area contributed by atoms with Crippen LogP contribution in [0, 0.1) is 0 Å². The van der Waals surface area contributed by atoms with E-state index in [9.17, 15) is 0 Å². The molecule has 0 N–H and O–H groups in total. The molecule has 0 amide bonds. The first-order valence-electron chi connectivity index (χ1n) is 19.8. The minimum atomic E-state index is 0.201. The van der Waals surface area contributed by atoms with Crippen LogP contribution in [0.15, 0.2) is 212 Å². The molecule has 266 valence electrons. The molecule has 1 aliphatic carbocycles. The second-order valence-corrected chi connectivity index (χ2v) is 15.3. The van der Waals surface area contributed by atoms with Crippen molar-refractivity contribution in [2.24, 2.45) is 0 Å². The lowest BCUT2D eigenvalue weighted by Crippen LogP contribution is -2.01. The van der Waals surface area contributed by atoms with E-state index in [-0.39, 0.29) is 5.92 Å². The van der Waals surface area contributed by atoms with Crippen molar-refractivity contribution in [1.82, 2.24) is 9.13 Å². The lowest BCUT2D eigenvalue weighted by Gasteiger charge is -2.16. The number of para-hydroxylation sites is 2. The van der Waals surface area contributed by atoms with E-state index in [4.69, 9.17) is 0 Å². The van der Waals surface area contributed by atoms with Gasteiger partial charge in [0.1, 0.15) is 0 Å². The summed E-state index contributed by atoms with van der Waals surface area (Å²) in [6.45, 7) is 0. The molecule has 0 fully saturated rings. The van der Waals surface area contributed by atoms with Crippen LogP contribution in [0.1, 0.15) is 22.6 Å². The van der Waals surface area contributed by atoms with Crippen LogP contribution in [-0.2, 0) is 0 Å². The molecule has 11 aromatic rings. The summed E-state index contributed by atoms with van der Waals surface area (Å²) in [7, 11) is 0. The molecule has 0 aliphatic heterocycles. The van der Waals surface area contributed by atoms with Gasteiger partial charge in [-0.15, -0.1) is 0 Å². The van der Waals surface area contributed by atoms with Gasteiger partial charge >= 0.3 is 0 Å². The molecule has 0 radical (unpaired) electrons. The first kappa shape index (κ1) is 31.9. The fraction of sp³-hybridized carbons (Fsp3) is 0.0182. The van der Waals surface area contributed by atoms with Gasteiger partial charge < -0.3 is 9.13 Å². The molecule has 1 atom stereocenters. The van der Waals surface area contributed by atoms with E-state index in [1.165, 1.54) is 99.4 Å². The highest BCUT2D eigenvalue weighted by molar-refractivity contribution is 6.12. The lowest BCUT2D eigenvalue weighted by molar-refractivity contribution is 1.01. The summed E-state index contributed by atoms with van der Waals surface area (Å²) in [5.41, 5.74) is 18.8. The summed E-state index contributed by atoms with van der Waals surface area (Å²) in [5.74, 6) is 0.201. The third-order valence-corrected chi connectivity index (χ3v) is 12.2. The molecule has 2 aromatic heterocycles. The molecule has 1 aliphatic rings. The summed E-state index contributed by atoms with van der Waals surface area (Å²) < 4.78 is 4.86. The molecule has 0 bridgehead atoms. The fourth-order valence-electron chi connectivity index (χ4n) is 9.63. The quantitative estimate of drug-likeness (QED) is 0.167. The summed E-state index contributed by atoms with van der Waals surface area (Å²) in [6, 6.07) is 78.1. The smallest absolute Gasteiger partial charge is 0.0541 e. The van der Waals surface area contributed by atoms with E-state index in [0.29, 0.717) is 0 Å². The molecule has 2 heterocycles. The molecule has 0 saturated carbocycles. The van der Waals surface area contributed by atoms with Gasteiger partial charge in [0.05, 0.1) is 22.1 Å². The van der Waals surface area contributed by atoms with Crippen LogP contribution in [0.2, 0.25) is 0 Å². The van der Waals surface area contributed by atoms with Crippen molar-refractivity contribution >= 4 is 43.6 Å². The van der Waals surface area contributed by atoms with Gasteiger partial charge in [-0.25, -0.2) is 0 Å². The van der Waals surface area contributed by atoms with Crippen molar-refractivity contribution in [3.63, 3.8) is 0 Å². The number of rotatable bonds is 5. The molecule has 9 aromatic carbocycles. The van der Waals surface area contributed by atoms with Crippen LogP contribution in [0.5, 0.6) is 0 Å². The number of hydrogen-bond acceptors (Lipinski definition) is 0. The van der Waals surface area contributed by atoms with E-state index in [1.807, 2.05) is 0 Å². The predicted octanol–water partition coefficient (Wildman–Crippen LogP) is 14.4. The Labute approximate surface area is 331 Å². The largest absolute Gasteiger partial charge is 0.309 e. The van der Waals surface area contributed by atoms with E-state index < -0.39 is 0 Å². The standard InChI is InChI=1S/C55H36N2/c1-3-13-36(14-4-1)37-23-27-41(28-24-37)56-51-21-11-9-18-45(51)48-33-39(25-31-53(48)56)40-26-32-54-49(34-40)46-19-10-12-22-52(46)57(54)42-29-30-44-43-17-7-8-20-47(43)55(50(44)35-42)38-15-5-2-6-16-38/h1-35,55H. The van der Waals surface area contributed by atoms with E-state index >= 15 is 0 Å². The third kappa shape index (κ3) is 4.91. The van der Waals surface area contributed by atoms with Crippen LogP contribution < -0.4 is 0 Å². The summed E-state index contributed by atoms with van der Waals surface area (Å²) in [5, 5.41) is 5.03. The van der Waals surface area contributed by atoms with Crippen molar-refractivity contribution in [1.29, 1.82) is 0 Å². The van der Waals surface area contributed by atoms with Crippen LogP contribution >= 0.6 is 0 Å². The summed E-state index contributed by atoms with van der Waals surface area (Å²) >= 11 is 0. The summed E-state index contributed by atoms with van der Waals surface area (Å²) in [6.07, 6.45) is 0. The molecular weight excluding hydrogens is 689 g/mol. The number of nitrogens with zero attached hydrogens (tertiary/aromatic N) is 2. The second-order valence-electron chi connectivity index (χ2n) is 15.3. The Kier molecular flexibility index (Phi) is 7.02. The maximum Gasteiger partial charge on any atom is 0.0541 e. The van der Waals surface area contributed by atoms with E-state index in [2.05, 4.69) is 221 Å². The van der Waals surface area contributed by atoms with Gasteiger partial charge in [-0.2, -0.15) is 0 Å². The highest BCUT2D eigenvalue weighted by Crippen LogP contribution is 2.49. The summed E-state index contributed by atoms with van der Waals surface area (Å²) in [4.78, 5) is 0. The Bertz CT molecular complexity index is 3330. The molecule has 1 unspecified atom stereocenters. The maximum absolute atomic E-state index is 2.46. The Balaban J connectivity index is 0.983. The van der Waals surface area contributed by atoms with Crippen LogP contribution in [-0.4, -0.2) is 9.13 Å². The molecule has 0 spiro atoms. The van der Waals surface area contributed by atoms with Gasteiger partial charge in [0.25, 0.3) is 0 Å². The Morgan fingerprint density at radius 1 is 0.281 bits per heavy atom. The average Bonchev–Trinajstić information content (AvgIpc) is 3.92. The van der Waals surface area contributed by atoms with Gasteiger partial charge in [0, 0.05) is 38.8 Å². The van der Waals surface area contributed by atoms with Crippen LogP contribution in [0.3, 0.4) is 0 Å². The molecular formula is C55H36N2. The van der Waals surface area contributed by atoms with E-state index in [0.717, 1.165) is 5.69 Å². The molecule has 12 rings (SSSR count). The van der Waals surface area contributed by atoms with Gasteiger partial charge in [-0.3, -0.25) is 0 Å². The third-order valence-electron chi connectivity index (χ3n) is 12.2. The highest BCUT2D eigenvalue weighted by Gasteiger charge is 2.30. The zero-order chi connectivity index (χ0) is 37.5. The monoisotopic (exact) mass is 724 g/mol. The van der Waals surface area contributed by atoms with Crippen LogP contribution in [0.4, 0.5) is 0 Å². The Hall–Kier alpha value is -7.42. The minimum absolute atomic E-state index is 0.201. The molecule has 57 heavy (non-hydrogen) atoms. The number of hydrogen-bond donors (Lipinski definition) is 0. The number of benzene rings is 9. The Morgan fingerprint density at radius 3 is 1.42 bits per heavy atom. The van der Waals surface area contributed by atoms with Gasteiger partial charge in [-0.1, -0.05) is 152 Å². The second kappa shape index (κ2) is 12.6. The first-order valence-corrected chi connectivity index (χ1v) is 19.8. The van der Waals surface area contributed by atoms with Gasteiger partial charge in [0.15, 0.2) is 0 Å². The topological polar surface area (TPSA) is 9.86 Å². The normalized spacial score (nSPS) is 13.4. The zero-order valence-electron chi connectivity index (χ0n) is 31.2. The predicted molar refractivity (Wildman–Crippen MR) is 239 cm³/mol. The molecule has 0 saturated heterocycles. The van der Waals surface area contributed by atoms with Gasteiger partial charge in [0.2, 0.25) is 0 Å². The zero-order valence-corrected chi connectivity index (χ0v) is 31.2. The molecule has 2 nitrogen and oxygen atoms in total.